The molecule has 2 heterocycles. The second-order valence-corrected chi connectivity index (χ2v) is 8.01. The Labute approximate surface area is 197 Å². The van der Waals surface area contributed by atoms with Crippen LogP contribution in [0.1, 0.15) is 16.7 Å². The van der Waals surface area contributed by atoms with Gasteiger partial charge in [-0.05, 0) is 43.2 Å². The lowest BCUT2D eigenvalue weighted by molar-refractivity contribution is -0.304. The van der Waals surface area contributed by atoms with Gasteiger partial charge in [-0.25, -0.2) is 9.18 Å². The maximum atomic E-state index is 13.4. The lowest BCUT2D eigenvalue weighted by Gasteiger charge is -2.11. The van der Waals surface area contributed by atoms with E-state index in [1.165, 1.54) is 12.1 Å². The lowest BCUT2D eigenvalue weighted by Crippen LogP contribution is -2.43. The van der Waals surface area contributed by atoms with Gasteiger partial charge in [0, 0.05) is 21.9 Å². The number of rotatable bonds is 7. The number of fused-ring (bicyclic) bond motifs is 2. The molecule has 0 radical (unpaired) electrons. The molecule has 0 spiro atoms. The zero-order valence-electron chi connectivity index (χ0n) is 18.8. The molecule has 2 amide bonds. The number of aryl methyl sites for hydroxylation is 2. The summed E-state index contributed by atoms with van der Waals surface area (Å²) in [6.45, 7) is 2.31. The summed E-state index contributed by atoms with van der Waals surface area (Å²) < 4.78 is 24.7. The zero-order chi connectivity index (χ0) is 25.3. The van der Waals surface area contributed by atoms with Crippen molar-refractivity contribution < 1.29 is 32.7 Å². The Hall–Kier alpha value is -4.47. The number of aliphatic carboxylic acids is 1. The fraction of sp³-hybridized carbons (Fsp3) is 0.200. The summed E-state index contributed by atoms with van der Waals surface area (Å²) >= 11 is 0. The first-order valence-corrected chi connectivity index (χ1v) is 10.6. The number of carboxylic acid groups (broad SMARTS) is 1. The molecule has 0 saturated carbocycles. The fourth-order valence-electron chi connectivity index (χ4n) is 3.89. The molecule has 0 unspecified atom stereocenters. The van der Waals surface area contributed by atoms with Crippen LogP contribution in [0.3, 0.4) is 0 Å². The van der Waals surface area contributed by atoms with E-state index in [9.17, 15) is 28.7 Å². The number of hydrogen-bond acceptors (Lipinski definition) is 7. The van der Waals surface area contributed by atoms with Crippen molar-refractivity contribution in [2.24, 2.45) is 0 Å². The van der Waals surface area contributed by atoms with Crippen LogP contribution >= 0.6 is 0 Å². The van der Waals surface area contributed by atoms with E-state index in [0.717, 1.165) is 16.5 Å². The van der Waals surface area contributed by atoms with E-state index in [1.54, 1.807) is 38.3 Å². The van der Waals surface area contributed by atoms with Crippen LogP contribution in [0.5, 0.6) is 0 Å². The number of carboxylic acids is 1. The molecular weight excluding hydrogens is 459 g/mol. The van der Waals surface area contributed by atoms with E-state index in [0.29, 0.717) is 27.7 Å². The Kier molecular flexibility index (Phi) is 6.37. The van der Waals surface area contributed by atoms with Crippen LogP contribution in [-0.2, 0) is 20.8 Å². The Morgan fingerprint density at radius 2 is 1.63 bits per heavy atom. The van der Waals surface area contributed by atoms with Gasteiger partial charge >= 0.3 is 5.63 Å². The molecule has 180 valence electrons. The summed E-state index contributed by atoms with van der Waals surface area (Å²) in [5.41, 5.74) is 2.89. The summed E-state index contributed by atoms with van der Waals surface area (Å²) in [5, 5.41) is 16.1. The molecule has 2 aromatic carbocycles. The highest BCUT2D eigenvalue weighted by Crippen LogP contribution is 2.37. The Balaban J connectivity index is 1.67. The van der Waals surface area contributed by atoms with Crippen molar-refractivity contribution >= 4 is 39.7 Å². The molecule has 0 saturated heterocycles. The molecule has 0 bridgehead atoms. The van der Waals surface area contributed by atoms with E-state index in [4.69, 9.17) is 8.83 Å². The van der Waals surface area contributed by atoms with Crippen molar-refractivity contribution in [1.82, 2.24) is 10.6 Å². The number of carbonyl (C=O) groups excluding carboxylic acids is 3. The smallest absolute Gasteiger partial charge is 0.340 e. The number of hydrogen-bond donors (Lipinski definition) is 2. The van der Waals surface area contributed by atoms with Crippen LogP contribution in [0.4, 0.5) is 4.39 Å². The Bertz CT molecular complexity index is 1530. The molecule has 2 aromatic heterocycles. The summed E-state index contributed by atoms with van der Waals surface area (Å²) in [6, 6.07) is 7.77. The van der Waals surface area contributed by atoms with Gasteiger partial charge in [0.05, 0.1) is 37.3 Å². The number of benzene rings is 2. The summed E-state index contributed by atoms with van der Waals surface area (Å²) in [5.74, 6) is -3.15. The van der Waals surface area contributed by atoms with Gasteiger partial charge < -0.3 is 29.4 Å². The quantitative estimate of drug-likeness (QED) is 0.383. The highest BCUT2D eigenvalue weighted by Gasteiger charge is 2.20. The van der Waals surface area contributed by atoms with Gasteiger partial charge in [-0.1, -0.05) is 12.1 Å². The fourth-order valence-corrected chi connectivity index (χ4v) is 3.89. The molecule has 4 rings (SSSR count). The van der Waals surface area contributed by atoms with Gasteiger partial charge in [0.15, 0.2) is 0 Å². The third-order valence-electron chi connectivity index (χ3n) is 5.71. The first-order valence-electron chi connectivity index (χ1n) is 10.6. The highest BCUT2D eigenvalue weighted by molar-refractivity contribution is 6.05. The van der Waals surface area contributed by atoms with Crippen LogP contribution in [-0.4, -0.2) is 30.9 Å². The monoisotopic (exact) mass is 479 g/mol. The van der Waals surface area contributed by atoms with Gasteiger partial charge in [0.2, 0.25) is 11.8 Å². The van der Waals surface area contributed by atoms with E-state index >= 15 is 0 Å². The van der Waals surface area contributed by atoms with Crippen molar-refractivity contribution in [2.75, 3.05) is 13.1 Å². The van der Waals surface area contributed by atoms with E-state index in [-0.39, 0.29) is 17.8 Å². The topological polar surface area (TPSA) is 142 Å². The van der Waals surface area contributed by atoms with Crippen molar-refractivity contribution in [3.63, 3.8) is 0 Å². The van der Waals surface area contributed by atoms with Crippen molar-refractivity contribution in [1.29, 1.82) is 0 Å². The summed E-state index contributed by atoms with van der Waals surface area (Å²) in [7, 11) is 0. The van der Waals surface area contributed by atoms with Crippen LogP contribution in [0, 0.1) is 19.7 Å². The molecule has 0 aliphatic heterocycles. The van der Waals surface area contributed by atoms with Crippen LogP contribution in [0.25, 0.3) is 33.1 Å². The summed E-state index contributed by atoms with van der Waals surface area (Å²) in [4.78, 5) is 47.0. The average Bonchev–Trinajstić information content (AvgIpc) is 3.25. The molecule has 2 N–H and O–H groups in total. The predicted molar refractivity (Wildman–Crippen MR) is 122 cm³/mol. The van der Waals surface area contributed by atoms with Crippen LogP contribution in [0.15, 0.2) is 50.2 Å². The molecule has 0 atom stereocenters. The van der Waals surface area contributed by atoms with E-state index in [1.807, 2.05) is 0 Å². The van der Waals surface area contributed by atoms with Crippen molar-refractivity contribution in [3.05, 3.63) is 69.5 Å². The van der Waals surface area contributed by atoms with Gasteiger partial charge in [-0.15, -0.1) is 0 Å². The molecular formula is C25H20FN2O7-. The van der Waals surface area contributed by atoms with Crippen LogP contribution < -0.4 is 21.4 Å². The minimum Gasteiger partial charge on any atom is -0.548 e. The largest absolute Gasteiger partial charge is 0.548 e. The zero-order valence-corrected chi connectivity index (χ0v) is 18.8. The number of halogens is 1. The Morgan fingerprint density at radius 3 is 2.31 bits per heavy atom. The third-order valence-corrected chi connectivity index (χ3v) is 5.71. The van der Waals surface area contributed by atoms with E-state index < -0.39 is 36.5 Å². The van der Waals surface area contributed by atoms with E-state index in [2.05, 4.69) is 10.6 Å². The van der Waals surface area contributed by atoms with Gasteiger partial charge in [-0.2, -0.15) is 0 Å². The SMILES string of the molecule is Cc1c(CC(=O)NCC(=O)NCC(=O)[O-])c(=O)oc2c(C)c3occ(-c4ccc(F)cc4)c3cc12. The van der Waals surface area contributed by atoms with Crippen molar-refractivity contribution in [3.8, 4) is 11.1 Å². The summed E-state index contributed by atoms with van der Waals surface area (Å²) in [6.07, 6.45) is 1.21. The second kappa shape index (κ2) is 9.41. The molecule has 0 aliphatic carbocycles. The first kappa shape index (κ1) is 23.7. The molecule has 0 aliphatic rings. The number of furan rings is 1. The molecule has 35 heavy (non-hydrogen) atoms. The van der Waals surface area contributed by atoms with Gasteiger partial charge in [-0.3, -0.25) is 9.59 Å². The van der Waals surface area contributed by atoms with Gasteiger partial charge in [0.1, 0.15) is 17.0 Å². The second-order valence-electron chi connectivity index (χ2n) is 8.01. The Morgan fingerprint density at radius 1 is 0.943 bits per heavy atom. The highest BCUT2D eigenvalue weighted by atomic mass is 19.1. The predicted octanol–water partition coefficient (Wildman–Crippen LogP) is 1.49. The average molecular weight is 479 g/mol. The maximum Gasteiger partial charge on any atom is 0.340 e. The lowest BCUT2D eigenvalue weighted by atomic mass is 9.97. The first-order chi connectivity index (χ1) is 16.7. The molecule has 4 aromatic rings. The molecule has 9 nitrogen and oxygen atoms in total. The maximum absolute atomic E-state index is 13.4. The van der Waals surface area contributed by atoms with Gasteiger partial charge in [0.25, 0.3) is 0 Å². The molecule has 10 heteroatoms. The number of amides is 2. The van der Waals surface area contributed by atoms with Crippen LogP contribution in [0.2, 0.25) is 0 Å². The molecule has 0 fully saturated rings. The third kappa shape index (κ3) is 4.77. The number of carbonyl (C=O) groups is 3. The standard InChI is InChI=1S/C25H21FN2O7/c1-12-16-7-18-19(14-3-5-15(26)6-4-14)11-34-23(18)13(2)24(16)35-25(33)17(12)8-20(29)27-9-21(30)28-10-22(31)32/h3-7,11H,8-10H2,1-2H3,(H,27,29)(H,28,30)(H,31,32)/p-1. The minimum absolute atomic E-state index is 0.121. The van der Waals surface area contributed by atoms with Crippen molar-refractivity contribution in [2.45, 2.75) is 20.3 Å². The number of nitrogens with one attached hydrogen (secondary N) is 2. The normalized spacial score (nSPS) is 11.1. The minimum atomic E-state index is -1.46.